The number of ether oxygens (including phenoxy) is 3. The van der Waals surface area contributed by atoms with Gasteiger partial charge in [-0.25, -0.2) is 5.01 Å². The van der Waals surface area contributed by atoms with Crippen LogP contribution in [-0.4, -0.2) is 68.5 Å². The molecule has 3 rings (SSSR count). The van der Waals surface area contributed by atoms with E-state index in [2.05, 4.69) is 5.10 Å². The van der Waals surface area contributed by atoms with Gasteiger partial charge in [0.05, 0.1) is 32.6 Å². The Labute approximate surface area is 188 Å². The molecule has 0 aliphatic carbocycles. The summed E-state index contributed by atoms with van der Waals surface area (Å²) >= 11 is 0. The third kappa shape index (κ3) is 5.45. The quantitative estimate of drug-likeness (QED) is 0.600. The van der Waals surface area contributed by atoms with Crippen molar-refractivity contribution in [3.05, 3.63) is 59.7 Å². The van der Waals surface area contributed by atoms with Gasteiger partial charge in [0.2, 0.25) is 5.91 Å². The van der Waals surface area contributed by atoms with Crippen LogP contribution < -0.4 is 9.47 Å². The molecule has 32 heavy (non-hydrogen) atoms. The van der Waals surface area contributed by atoms with Gasteiger partial charge in [-0.1, -0.05) is 12.1 Å². The standard InChI is InChI=1S/C24H29N3O5/c1-17(28)26(13-14-30-2)16-24(29)27-23(19-7-11-21(32-4)12-8-19)15-22(25-27)18-5-9-20(31-3)10-6-18/h5-12,23H,13-16H2,1-4H3/t23-/m0/s1. The summed E-state index contributed by atoms with van der Waals surface area (Å²) in [5, 5.41) is 6.16. The summed E-state index contributed by atoms with van der Waals surface area (Å²) in [7, 11) is 4.79. The van der Waals surface area contributed by atoms with Gasteiger partial charge in [0.25, 0.3) is 5.91 Å². The van der Waals surface area contributed by atoms with E-state index in [-0.39, 0.29) is 24.4 Å². The number of methoxy groups -OCH3 is 3. The lowest BCUT2D eigenvalue weighted by Gasteiger charge is -2.26. The van der Waals surface area contributed by atoms with Crippen LogP contribution in [0.2, 0.25) is 0 Å². The van der Waals surface area contributed by atoms with Gasteiger partial charge < -0.3 is 19.1 Å². The average molecular weight is 440 g/mol. The van der Waals surface area contributed by atoms with Gasteiger partial charge in [-0.05, 0) is 47.5 Å². The molecule has 1 aliphatic rings. The molecule has 1 atom stereocenters. The smallest absolute Gasteiger partial charge is 0.262 e. The number of hydrazone groups is 1. The van der Waals surface area contributed by atoms with Crippen molar-refractivity contribution < 1.29 is 23.8 Å². The summed E-state index contributed by atoms with van der Waals surface area (Å²) < 4.78 is 15.6. The zero-order chi connectivity index (χ0) is 23.1. The van der Waals surface area contributed by atoms with Crippen molar-refractivity contribution in [3.8, 4) is 11.5 Å². The SMILES string of the molecule is COCCN(CC(=O)N1N=C(c2ccc(OC)cc2)C[C@H]1c1ccc(OC)cc1)C(C)=O. The normalized spacial score (nSPS) is 15.3. The number of carbonyl (C=O) groups is 2. The minimum absolute atomic E-state index is 0.0647. The highest BCUT2D eigenvalue weighted by molar-refractivity contribution is 6.03. The second-order valence-corrected chi connectivity index (χ2v) is 7.44. The molecule has 0 spiro atoms. The number of hydrogen-bond acceptors (Lipinski definition) is 6. The van der Waals surface area contributed by atoms with Crippen LogP contribution in [0.4, 0.5) is 0 Å². The van der Waals surface area contributed by atoms with Gasteiger partial charge in [0, 0.05) is 27.0 Å². The summed E-state index contributed by atoms with van der Waals surface area (Å²) in [6, 6.07) is 14.9. The van der Waals surface area contributed by atoms with Gasteiger partial charge in [-0.3, -0.25) is 9.59 Å². The fraction of sp³-hybridized carbons (Fsp3) is 0.375. The Morgan fingerprint density at radius 1 is 1.00 bits per heavy atom. The lowest BCUT2D eigenvalue weighted by molar-refractivity contribution is -0.141. The second kappa shape index (κ2) is 10.8. The van der Waals surface area contributed by atoms with Crippen LogP contribution in [0.1, 0.15) is 30.5 Å². The largest absolute Gasteiger partial charge is 0.497 e. The molecule has 0 bridgehead atoms. The van der Waals surface area contributed by atoms with E-state index in [0.29, 0.717) is 19.6 Å². The average Bonchev–Trinajstić information content (AvgIpc) is 3.27. The molecule has 0 aromatic heterocycles. The number of benzene rings is 2. The molecule has 2 amide bonds. The summed E-state index contributed by atoms with van der Waals surface area (Å²) in [5.41, 5.74) is 2.66. The van der Waals surface area contributed by atoms with Gasteiger partial charge >= 0.3 is 0 Å². The van der Waals surface area contributed by atoms with Crippen molar-refractivity contribution in [1.29, 1.82) is 0 Å². The summed E-state index contributed by atoms with van der Waals surface area (Å²) in [4.78, 5) is 26.7. The van der Waals surface area contributed by atoms with Crippen molar-refractivity contribution >= 4 is 17.5 Å². The van der Waals surface area contributed by atoms with E-state index in [4.69, 9.17) is 14.2 Å². The predicted molar refractivity (Wildman–Crippen MR) is 121 cm³/mol. The molecule has 170 valence electrons. The predicted octanol–water partition coefficient (Wildman–Crippen LogP) is 2.88. The Morgan fingerprint density at radius 3 is 2.12 bits per heavy atom. The first-order chi connectivity index (χ1) is 15.5. The van der Waals surface area contributed by atoms with E-state index in [9.17, 15) is 9.59 Å². The second-order valence-electron chi connectivity index (χ2n) is 7.44. The number of nitrogens with zero attached hydrogens (tertiary/aromatic N) is 3. The molecule has 1 aliphatic heterocycles. The zero-order valence-electron chi connectivity index (χ0n) is 18.9. The van der Waals surface area contributed by atoms with Crippen LogP contribution in [-0.2, 0) is 14.3 Å². The third-order valence-electron chi connectivity index (χ3n) is 5.43. The summed E-state index contributed by atoms with van der Waals surface area (Å²) in [5.74, 6) is 1.06. The van der Waals surface area contributed by atoms with Crippen molar-refractivity contribution in [2.75, 3.05) is 41.0 Å². The maximum atomic E-state index is 13.2. The van der Waals surface area contributed by atoms with E-state index in [1.165, 1.54) is 16.8 Å². The fourth-order valence-electron chi connectivity index (χ4n) is 3.57. The first-order valence-electron chi connectivity index (χ1n) is 10.4. The van der Waals surface area contributed by atoms with Crippen LogP contribution in [0.15, 0.2) is 53.6 Å². The van der Waals surface area contributed by atoms with Crippen LogP contribution in [0.5, 0.6) is 11.5 Å². The molecule has 0 fully saturated rings. The maximum Gasteiger partial charge on any atom is 0.262 e. The molecule has 2 aromatic carbocycles. The molecule has 2 aromatic rings. The highest BCUT2D eigenvalue weighted by atomic mass is 16.5. The molecule has 0 N–H and O–H groups in total. The Balaban J connectivity index is 1.88. The number of hydrogen-bond donors (Lipinski definition) is 0. The molecule has 0 saturated heterocycles. The number of carbonyl (C=O) groups excluding carboxylic acids is 2. The molecule has 0 saturated carbocycles. The lowest BCUT2D eigenvalue weighted by atomic mass is 9.98. The van der Waals surface area contributed by atoms with Crippen LogP contribution >= 0.6 is 0 Å². The van der Waals surface area contributed by atoms with Crippen molar-refractivity contribution in [2.45, 2.75) is 19.4 Å². The Bertz CT molecular complexity index is 957. The molecular formula is C24H29N3O5. The van der Waals surface area contributed by atoms with Crippen LogP contribution in [0, 0.1) is 0 Å². The molecule has 1 heterocycles. The summed E-state index contributed by atoms with van der Waals surface area (Å²) in [6.45, 7) is 2.08. The van der Waals surface area contributed by atoms with Crippen molar-refractivity contribution in [3.63, 3.8) is 0 Å². The minimum Gasteiger partial charge on any atom is -0.497 e. The fourth-order valence-corrected chi connectivity index (χ4v) is 3.57. The molecule has 0 unspecified atom stereocenters. The Morgan fingerprint density at radius 2 is 1.59 bits per heavy atom. The molecule has 0 radical (unpaired) electrons. The number of rotatable bonds is 9. The Hall–Kier alpha value is -3.39. The monoisotopic (exact) mass is 439 g/mol. The van der Waals surface area contributed by atoms with Gasteiger partial charge in [0.1, 0.15) is 18.0 Å². The summed E-state index contributed by atoms with van der Waals surface area (Å²) in [6.07, 6.45) is 0.558. The van der Waals surface area contributed by atoms with Gasteiger partial charge in [-0.15, -0.1) is 0 Å². The van der Waals surface area contributed by atoms with Gasteiger partial charge in [0.15, 0.2) is 0 Å². The zero-order valence-corrected chi connectivity index (χ0v) is 18.9. The first-order valence-corrected chi connectivity index (χ1v) is 10.4. The van der Waals surface area contributed by atoms with E-state index >= 15 is 0 Å². The van der Waals surface area contributed by atoms with E-state index in [1.54, 1.807) is 21.3 Å². The maximum absolute atomic E-state index is 13.2. The molecule has 8 heteroatoms. The first kappa shape index (κ1) is 23.3. The van der Waals surface area contributed by atoms with Crippen LogP contribution in [0.25, 0.3) is 0 Å². The van der Waals surface area contributed by atoms with E-state index in [0.717, 1.165) is 28.3 Å². The van der Waals surface area contributed by atoms with E-state index in [1.807, 2.05) is 48.5 Å². The topological polar surface area (TPSA) is 80.7 Å². The lowest BCUT2D eigenvalue weighted by Crippen LogP contribution is -2.41. The van der Waals surface area contributed by atoms with E-state index < -0.39 is 0 Å². The minimum atomic E-state index is -0.276. The van der Waals surface area contributed by atoms with Crippen molar-refractivity contribution in [1.82, 2.24) is 9.91 Å². The molecular weight excluding hydrogens is 410 g/mol. The van der Waals surface area contributed by atoms with Crippen molar-refractivity contribution in [2.24, 2.45) is 5.10 Å². The van der Waals surface area contributed by atoms with Crippen LogP contribution in [0.3, 0.4) is 0 Å². The Kier molecular flexibility index (Phi) is 7.83. The highest BCUT2D eigenvalue weighted by Gasteiger charge is 2.34. The highest BCUT2D eigenvalue weighted by Crippen LogP contribution is 2.34. The molecule has 8 nitrogen and oxygen atoms in total. The number of amides is 2. The third-order valence-corrected chi connectivity index (χ3v) is 5.43. The van der Waals surface area contributed by atoms with Gasteiger partial charge in [-0.2, -0.15) is 5.10 Å².